The van der Waals surface area contributed by atoms with E-state index in [9.17, 15) is 14.9 Å². The maximum atomic E-state index is 12.3. The fourth-order valence-corrected chi connectivity index (χ4v) is 4.37. The number of esters is 1. The Bertz CT molecular complexity index is 967. The lowest BCUT2D eigenvalue weighted by Crippen LogP contribution is -2.31. The summed E-state index contributed by atoms with van der Waals surface area (Å²) in [6.45, 7) is 1.97. The monoisotopic (exact) mass is 364 g/mol. The van der Waals surface area contributed by atoms with E-state index < -0.39 is 0 Å². The van der Waals surface area contributed by atoms with E-state index in [1.807, 2.05) is 25.1 Å². The summed E-state index contributed by atoms with van der Waals surface area (Å²) in [7, 11) is 1.38. The maximum absolute atomic E-state index is 12.3. The van der Waals surface area contributed by atoms with Crippen LogP contribution in [0.4, 0.5) is 11.4 Å². The second-order valence-corrected chi connectivity index (χ2v) is 7.00. The summed E-state index contributed by atoms with van der Waals surface area (Å²) in [5.74, 6) is -0.250. The van der Waals surface area contributed by atoms with Gasteiger partial charge < -0.3 is 10.1 Å². The first-order valence-corrected chi connectivity index (χ1v) is 8.91. The van der Waals surface area contributed by atoms with E-state index >= 15 is 0 Å². The number of allylic oxidation sites excluding steroid dienone is 2. The number of nitro benzene ring substituents is 1. The Morgan fingerprint density at radius 3 is 2.78 bits per heavy atom. The number of anilines is 1. The van der Waals surface area contributed by atoms with Gasteiger partial charge in [-0.05, 0) is 36.5 Å². The van der Waals surface area contributed by atoms with Gasteiger partial charge >= 0.3 is 5.97 Å². The van der Waals surface area contributed by atoms with Gasteiger partial charge in [0.25, 0.3) is 5.69 Å². The quantitative estimate of drug-likeness (QED) is 0.375. The molecule has 2 aromatic carbocycles. The molecule has 0 aromatic heterocycles. The lowest BCUT2D eigenvalue weighted by Gasteiger charge is -2.38. The number of methoxy groups -OCH3 is 1. The molecule has 0 saturated carbocycles. The Morgan fingerprint density at radius 2 is 2.04 bits per heavy atom. The number of hydrogen-bond acceptors (Lipinski definition) is 5. The molecule has 3 atom stereocenters. The number of hydrogen-bond donors (Lipinski definition) is 1. The Morgan fingerprint density at radius 1 is 1.26 bits per heavy atom. The predicted octanol–water partition coefficient (Wildman–Crippen LogP) is 4.52. The van der Waals surface area contributed by atoms with Crippen molar-refractivity contribution in [2.24, 2.45) is 5.92 Å². The van der Waals surface area contributed by atoms with Crippen molar-refractivity contribution in [3.63, 3.8) is 0 Å². The van der Waals surface area contributed by atoms with Crippen molar-refractivity contribution in [1.29, 1.82) is 0 Å². The topological polar surface area (TPSA) is 81.5 Å². The second-order valence-electron chi connectivity index (χ2n) is 7.00. The van der Waals surface area contributed by atoms with Crippen molar-refractivity contribution in [1.82, 2.24) is 0 Å². The number of nitrogens with one attached hydrogen (secondary N) is 1. The largest absolute Gasteiger partial charge is 0.465 e. The molecular weight excluding hydrogens is 344 g/mol. The van der Waals surface area contributed by atoms with Crippen molar-refractivity contribution in [2.45, 2.75) is 25.3 Å². The van der Waals surface area contributed by atoms with Crippen molar-refractivity contribution < 1.29 is 14.5 Å². The molecule has 27 heavy (non-hydrogen) atoms. The molecule has 6 heteroatoms. The zero-order valence-corrected chi connectivity index (χ0v) is 15.1. The normalized spacial score (nSPS) is 22.5. The Labute approximate surface area is 157 Å². The predicted molar refractivity (Wildman–Crippen MR) is 102 cm³/mol. The van der Waals surface area contributed by atoms with E-state index in [0.717, 1.165) is 23.2 Å². The minimum atomic E-state index is -0.365. The van der Waals surface area contributed by atoms with Crippen LogP contribution in [0, 0.1) is 23.0 Å². The number of aryl methyl sites for hydroxylation is 1. The van der Waals surface area contributed by atoms with Gasteiger partial charge in [0.05, 0.1) is 29.2 Å². The second kappa shape index (κ2) is 6.54. The third-order valence-corrected chi connectivity index (χ3v) is 5.60. The third kappa shape index (κ3) is 2.68. The van der Waals surface area contributed by atoms with E-state index in [2.05, 4.69) is 17.5 Å². The fraction of sp³-hybridized carbons (Fsp3) is 0.286. The van der Waals surface area contributed by atoms with Crippen LogP contribution in [0.15, 0.2) is 48.6 Å². The van der Waals surface area contributed by atoms with Crippen LogP contribution in [0.2, 0.25) is 0 Å². The molecule has 6 nitrogen and oxygen atoms in total. The van der Waals surface area contributed by atoms with E-state index in [1.54, 1.807) is 18.2 Å². The number of carbonyl (C=O) groups excluding carboxylic acids is 1. The SMILES string of the molecule is COC(=O)c1ccc(C)c2c1[C@@H]1C=CC[C@@H]1[C@H](c1ccccc1[N+](=O)[O-])N2. The van der Waals surface area contributed by atoms with Gasteiger partial charge in [0.2, 0.25) is 0 Å². The van der Waals surface area contributed by atoms with Crippen LogP contribution in [-0.4, -0.2) is 18.0 Å². The van der Waals surface area contributed by atoms with Crippen LogP contribution < -0.4 is 5.32 Å². The molecule has 4 rings (SSSR count). The highest BCUT2D eigenvalue weighted by molar-refractivity contribution is 5.94. The first-order valence-electron chi connectivity index (χ1n) is 8.91. The average Bonchev–Trinajstić information content (AvgIpc) is 3.17. The summed E-state index contributed by atoms with van der Waals surface area (Å²) in [5, 5.41) is 15.1. The molecule has 138 valence electrons. The van der Waals surface area contributed by atoms with Gasteiger partial charge in [0.1, 0.15) is 0 Å². The summed E-state index contributed by atoms with van der Waals surface area (Å²) in [5.41, 5.74) is 4.14. The molecule has 1 heterocycles. The minimum absolute atomic E-state index is 0.0139. The first kappa shape index (κ1) is 17.3. The van der Waals surface area contributed by atoms with Gasteiger partial charge in [-0.25, -0.2) is 4.79 Å². The van der Waals surface area contributed by atoms with Gasteiger partial charge in [-0.3, -0.25) is 10.1 Å². The Hall–Kier alpha value is -3.15. The Kier molecular flexibility index (Phi) is 4.18. The summed E-state index contributed by atoms with van der Waals surface area (Å²) >= 11 is 0. The van der Waals surface area contributed by atoms with Gasteiger partial charge in [0, 0.05) is 17.7 Å². The number of benzene rings is 2. The summed E-state index contributed by atoms with van der Waals surface area (Å²) in [6, 6.07) is 10.4. The highest BCUT2D eigenvalue weighted by Crippen LogP contribution is 2.52. The number of fused-ring (bicyclic) bond motifs is 3. The summed E-state index contributed by atoms with van der Waals surface area (Å²) in [6.07, 6.45) is 5.00. The fourth-order valence-electron chi connectivity index (χ4n) is 4.37. The summed E-state index contributed by atoms with van der Waals surface area (Å²) < 4.78 is 4.97. The molecule has 0 spiro atoms. The van der Waals surface area contributed by atoms with Crippen LogP contribution in [-0.2, 0) is 4.74 Å². The van der Waals surface area contributed by atoms with Gasteiger partial charge in [-0.1, -0.05) is 36.4 Å². The van der Waals surface area contributed by atoms with Gasteiger partial charge in [-0.2, -0.15) is 0 Å². The molecule has 2 aliphatic rings. The van der Waals surface area contributed by atoms with Crippen molar-refractivity contribution in [2.75, 3.05) is 12.4 Å². The lowest BCUT2D eigenvalue weighted by molar-refractivity contribution is -0.385. The zero-order chi connectivity index (χ0) is 19.1. The number of nitro groups is 1. The number of para-hydroxylation sites is 1. The molecule has 0 bridgehead atoms. The minimum Gasteiger partial charge on any atom is -0.465 e. The third-order valence-electron chi connectivity index (χ3n) is 5.60. The average molecular weight is 364 g/mol. The number of nitrogens with zero attached hydrogens (tertiary/aromatic N) is 1. The van der Waals surface area contributed by atoms with Gasteiger partial charge in [0.15, 0.2) is 0 Å². The number of rotatable bonds is 3. The molecule has 0 radical (unpaired) electrons. The molecule has 0 unspecified atom stereocenters. The first-order chi connectivity index (χ1) is 13.0. The van der Waals surface area contributed by atoms with E-state index in [4.69, 9.17) is 4.74 Å². The molecular formula is C21H20N2O4. The lowest BCUT2D eigenvalue weighted by atomic mass is 9.74. The van der Waals surface area contributed by atoms with E-state index in [0.29, 0.717) is 11.1 Å². The highest BCUT2D eigenvalue weighted by Gasteiger charge is 2.42. The molecule has 0 saturated heterocycles. The highest BCUT2D eigenvalue weighted by atomic mass is 16.6. The standard InChI is InChI=1S/C21H20N2O4/c1-12-10-11-16(21(24)27-2)18-13-7-5-8-14(13)20(22-19(12)18)15-6-3-4-9-17(15)23(25)26/h3-7,9-11,13-14,20,22H,8H2,1-2H3/t13-,14+,20-/m1/s1. The van der Waals surface area contributed by atoms with Crippen LogP contribution in [0.25, 0.3) is 0 Å². The molecule has 1 N–H and O–H groups in total. The van der Waals surface area contributed by atoms with Crippen molar-refractivity contribution in [3.05, 3.63) is 80.9 Å². The maximum Gasteiger partial charge on any atom is 0.338 e. The summed E-state index contributed by atoms with van der Waals surface area (Å²) in [4.78, 5) is 23.5. The molecule has 0 amide bonds. The molecule has 1 aliphatic heterocycles. The van der Waals surface area contributed by atoms with Crippen molar-refractivity contribution in [3.8, 4) is 0 Å². The van der Waals surface area contributed by atoms with Crippen LogP contribution in [0.3, 0.4) is 0 Å². The van der Waals surface area contributed by atoms with E-state index in [-0.39, 0.29) is 34.5 Å². The molecule has 2 aromatic rings. The van der Waals surface area contributed by atoms with Gasteiger partial charge in [-0.15, -0.1) is 0 Å². The number of ether oxygens (including phenoxy) is 1. The van der Waals surface area contributed by atoms with E-state index in [1.165, 1.54) is 7.11 Å². The van der Waals surface area contributed by atoms with Crippen molar-refractivity contribution >= 4 is 17.3 Å². The number of carbonyl (C=O) groups is 1. The molecule has 1 aliphatic carbocycles. The van der Waals surface area contributed by atoms with Crippen LogP contribution in [0.1, 0.15) is 45.4 Å². The van der Waals surface area contributed by atoms with Crippen LogP contribution in [0.5, 0.6) is 0 Å². The Balaban J connectivity index is 1.89. The van der Waals surface area contributed by atoms with Crippen LogP contribution >= 0.6 is 0 Å². The zero-order valence-electron chi connectivity index (χ0n) is 15.1. The molecule has 0 fully saturated rings. The smallest absolute Gasteiger partial charge is 0.338 e.